The number of ketones is 2. The summed E-state index contributed by atoms with van der Waals surface area (Å²) >= 11 is 1.19. The summed E-state index contributed by atoms with van der Waals surface area (Å²) in [7, 11) is 0. The van der Waals surface area contributed by atoms with Crippen molar-refractivity contribution in [1.82, 2.24) is 0 Å². The summed E-state index contributed by atoms with van der Waals surface area (Å²) in [5.74, 6) is -0.615. The summed E-state index contributed by atoms with van der Waals surface area (Å²) in [5, 5.41) is 17.7. The molecule has 0 aromatic heterocycles. The average Bonchev–Trinajstić information content (AvgIpc) is 2.48. The molecule has 0 atom stereocenters. The zero-order valence-corrected chi connectivity index (χ0v) is 11.1. The van der Waals surface area contributed by atoms with Gasteiger partial charge in [-0.3, -0.25) is 9.59 Å². The molecule has 0 saturated heterocycles. The van der Waals surface area contributed by atoms with Crippen LogP contribution in [-0.4, -0.2) is 11.6 Å². The quantitative estimate of drug-likeness (QED) is 0.793. The molecule has 2 rings (SSSR count). The van der Waals surface area contributed by atoms with E-state index in [9.17, 15) is 9.59 Å². The standard InChI is InChI=1S/C15H8N2O2S/c16-7-11-12(8-17)15(19)14(6-13(11)18)20-9-10-4-2-1-3-5-10/h1-6H,9H2. The zero-order valence-electron chi connectivity index (χ0n) is 10.3. The number of hydrogen-bond acceptors (Lipinski definition) is 5. The predicted octanol–water partition coefficient (Wildman–Crippen LogP) is 2.30. The third kappa shape index (κ3) is 2.69. The number of benzene rings is 1. The van der Waals surface area contributed by atoms with Crippen LogP contribution in [0.4, 0.5) is 0 Å². The fourth-order valence-electron chi connectivity index (χ4n) is 1.68. The molecule has 0 aliphatic heterocycles. The van der Waals surface area contributed by atoms with Crippen molar-refractivity contribution in [3.05, 3.63) is 58.0 Å². The van der Waals surface area contributed by atoms with Crippen LogP contribution in [0, 0.1) is 22.7 Å². The Morgan fingerprint density at radius 2 is 1.65 bits per heavy atom. The number of carbonyl (C=O) groups is 2. The van der Waals surface area contributed by atoms with Crippen LogP contribution in [0.15, 0.2) is 52.5 Å². The molecule has 1 aromatic rings. The molecular weight excluding hydrogens is 272 g/mol. The van der Waals surface area contributed by atoms with E-state index < -0.39 is 11.6 Å². The second-order valence-electron chi connectivity index (χ2n) is 3.95. The summed E-state index contributed by atoms with van der Waals surface area (Å²) in [6, 6.07) is 12.7. The van der Waals surface area contributed by atoms with Crippen LogP contribution in [0.1, 0.15) is 5.56 Å². The lowest BCUT2D eigenvalue weighted by Gasteiger charge is -2.10. The fourth-order valence-corrected chi connectivity index (χ4v) is 2.62. The van der Waals surface area contributed by atoms with Crippen molar-refractivity contribution in [3.8, 4) is 12.1 Å². The number of nitriles is 2. The molecule has 0 fully saturated rings. The van der Waals surface area contributed by atoms with E-state index in [4.69, 9.17) is 10.5 Å². The van der Waals surface area contributed by atoms with E-state index in [2.05, 4.69) is 0 Å². The zero-order chi connectivity index (χ0) is 14.5. The van der Waals surface area contributed by atoms with Gasteiger partial charge in [0.25, 0.3) is 0 Å². The molecule has 0 N–H and O–H groups in total. The molecule has 4 nitrogen and oxygen atoms in total. The number of nitrogens with zero attached hydrogens (tertiary/aromatic N) is 2. The van der Waals surface area contributed by atoms with Gasteiger partial charge in [-0.05, 0) is 5.56 Å². The van der Waals surface area contributed by atoms with Crippen LogP contribution in [0.5, 0.6) is 0 Å². The van der Waals surface area contributed by atoms with Crippen molar-refractivity contribution in [1.29, 1.82) is 10.5 Å². The van der Waals surface area contributed by atoms with E-state index in [0.717, 1.165) is 11.6 Å². The van der Waals surface area contributed by atoms with Crippen LogP contribution < -0.4 is 0 Å². The van der Waals surface area contributed by atoms with Gasteiger partial charge in [-0.2, -0.15) is 10.5 Å². The van der Waals surface area contributed by atoms with Crippen molar-refractivity contribution in [2.24, 2.45) is 0 Å². The second-order valence-corrected chi connectivity index (χ2v) is 4.97. The molecule has 5 heteroatoms. The second kappa shape index (κ2) is 6.01. The van der Waals surface area contributed by atoms with Gasteiger partial charge in [0.2, 0.25) is 5.78 Å². The molecule has 0 heterocycles. The molecular formula is C15H8N2O2S. The van der Waals surface area contributed by atoms with Gasteiger partial charge >= 0.3 is 0 Å². The number of hydrogen-bond donors (Lipinski definition) is 0. The summed E-state index contributed by atoms with van der Waals surface area (Å²) < 4.78 is 0. The van der Waals surface area contributed by atoms with E-state index in [1.54, 1.807) is 12.1 Å². The van der Waals surface area contributed by atoms with Gasteiger partial charge in [-0.25, -0.2) is 0 Å². The minimum atomic E-state index is -0.584. The first-order valence-electron chi connectivity index (χ1n) is 5.69. The SMILES string of the molecule is N#CC1=C(C#N)C(=O)C(SCc2ccccc2)=CC1=O. The highest BCUT2D eigenvalue weighted by Crippen LogP contribution is 2.29. The minimum absolute atomic E-state index is 0.203. The molecule has 0 unspecified atom stereocenters. The van der Waals surface area contributed by atoms with Gasteiger partial charge in [-0.1, -0.05) is 30.3 Å². The molecule has 20 heavy (non-hydrogen) atoms. The Kier molecular flexibility index (Phi) is 4.14. The van der Waals surface area contributed by atoms with E-state index in [1.807, 2.05) is 30.3 Å². The van der Waals surface area contributed by atoms with Crippen molar-refractivity contribution in [2.45, 2.75) is 5.75 Å². The van der Waals surface area contributed by atoms with Crippen LogP contribution in [0.3, 0.4) is 0 Å². The maximum Gasteiger partial charge on any atom is 0.211 e. The number of allylic oxidation sites excluding steroid dienone is 4. The highest BCUT2D eigenvalue weighted by atomic mass is 32.2. The Morgan fingerprint density at radius 1 is 1.00 bits per heavy atom. The smallest absolute Gasteiger partial charge is 0.211 e. The van der Waals surface area contributed by atoms with Gasteiger partial charge in [0.05, 0.1) is 4.91 Å². The van der Waals surface area contributed by atoms with Gasteiger partial charge in [0.1, 0.15) is 23.3 Å². The molecule has 0 bridgehead atoms. The summed E-state index contributed by atoms with van der Waals surface area (Å²) in [4.78, 5) is 23.9. The molecule has 0 amide bonds. The highest BCUT2D eigenvalue weighted by molar-refractivity contribution is 8.03. The van der Waals surface area contributed by atoms with Crippen molar-refractivity contribution in [2.75, 3.05) is 0 Å². The third-order valence-electron chi connectivity index (χ3n) is 2.67. The van der Waals surface area contributed by atoms with Gasteiger partial charge < -0.3 is 0 Å². The first-order valence-corrected chi connectivity index (χ1v) is 6.68. The maximum atomic E-state index is 12.0. The number of carbonyl (C=O) groups excluding carboxylic acids is 2. The summed E-state index contributed by atoms with van der Waals surface area (Å²) in [6.45, 7) is 0. The van der Waals surface area contributed by atoms with Gasteiger partial charge in [-0.15, -0.1) is 11.8 Å². The van der Waals surface area contributed by atoms with Gasteiger partial charge in [0, 0.05) is 11.8 Å². The van der Waals surface area contributed by atoms with E-state index >= 15 is 0 Å². The van der Waals surface area contributed by atoms with E-state index in [0.29, 0.717) is 5.75 Å². The van der Waals surface area contributed by atoms with Crippen molar-refractivity contribution >= 4 is 23.3 Å². The Hall–Kier alpha value is -2.63. The van der Waals surface area contributed by atoms with Gasteiger partial charge in [0.15, 0.2) is 5.78 Å². The number of thioether (sulfide) groups is 1. The molecule has 1 aliphatic carbocycles. The first kappa shape index (κ1) is 13.8. The Morgan fingerprint density at radius 3 is 2.25 bits per heavy atom. The Labute approximate surface area is 120 Å². The average molecular weight is 280 g/mol. The lowest BCUT2D eigenvalue weighted by molar-refractivity contribution is -0.114. The lowest BCUT2D eigenvalue weighted by atomic mass is 9.97. The van der Waals surface area contributed by atoms with Crippen molar-refractivity contribution < 1.29 is 9.59 Å². The normalized spacial score (nSPS) is 14.6. The fraction of sp³-hybridized carbons (Fsp3) is 0.0667. The van der Waals surface area contributed by atoms with E-state index in [-0.39, 0.29) is 16.1 Å². The molecule has 0 saturated carbocycles. The Bertz CT molecular complexity index is 718. The van der Waals surface area contributed by atoms with Crippen LogP contribution in [0.2, 0.25) is 0 Å². The molecule has 96 valence electrons. The highest BCUT2D eigenvalue weighted by Gasteiger charge is 2.28. The first-order chi connectivity index (χ1) is 9.67. The van der Waals surface area contributed by atoms with Crippen LogP contribution in [-0.2, 0) is 15.3 Å². The van der Waals surface area contributed by atoms with E-state index in [1.165, 1.54) is 11.8 Å². The lowest BCUT2D eigenvalue weighted by Crippen LogP contribution is -2.16. The third-order valence-corrected chi connectivity index (χ3v) is 3.76. The predicted molar refractivity (Wildman–Crippen MR) is 74.1 cm³/mol. The van der Waals surface area contributed by atoms with Crippen LogP contribution >= 0.6 is 11.8 Å². The number of rotatable bonds is 3. The van der Waals surface area contributed by atoms with Crippen LogP contribution in [0.25, 0.3) is 0 Å². The molecule has 1 aliphatic rings. The summed E-state index contributed by atoms with van der Waals surface area (Å²) in [5.41, 5.74) is 0.268. The molecule has 0 spiro atoms. The number of Topliss-reactive ketones (excluding diaryl/α,β-unsaturated/α-hetero) is 1. The summed E-state index contributed by atoms with van der Waals surface area (Å²) in [6.07, 6.45) is 1.13. The molecule has 1 aromatic carbocycles. The minimum Gasteiger partial charge on any atom is -0.288 e. The largest absolute Gasteiger partial charge is 0.288 e. The molecule has 0 radical (unpaired) electrons. The maximum absolute atomic E-state index is 12.0. The Balaban J connectivity index is 2.20. The monoisotopic (exact) mass is 280 g/mol. The topological polar surface area (TPSA) is 81.7 Å². The van der Waals surface area contributed by atoms with Crippen molar-refractivity contribution in [3.63, 3.8) is 0 Å².